The number of carboxylic acids is 1. The largest absolute Gasteiger partial charge is 0.480 e. The van der Waals surface area contributed by atoms with E-state index < -0.39 is 12.0 Å². The van der Waals surface area contributed by atoms with Crippen LogP contribution in [0.25, 0.3) is 5.69 Å². The molecule has 2 aromatic rings. The van der Waals surface area contributed by atoms with Gasteiger partial charge in [0.2, 0.25) is 0 Å². The molecule has 3 atom stereocenters. The van der Waals surface area contributed by atoms with Crippen LogP contribution in [0.15, 0.2) is 24.3 Å². The zero-order chi connectivity index (χ0) is 20.1. The van der Waals surface area contributed by atoms with E-state index in [2.05, 4.69) is 12.1 Å². The molecule has 1 aliphatic heterocycles. The van der Waals surface area contributed by atoms with Crippen molar-refractivity contribution in [3.05, 3.63) is 46.8 Å². The first-order valence-electron chi connectivity index (χ1n) is 10.8. The van der Waals surface area contributed by atoms with Crippen LogP contribution in [0.1, 0.15) is 59.4 Å². The molecule has 1 aromatic heterocycles. The van der Waals surface area contributed by atoms with Gasteiger partial charge in [-0.3, -0.25) is 4.79 Å². The van der Waals surface area contributed by atoms with Gasteiger partial charge in [0.05, 0.1) is 5.69 Å². The summed E-state index contributed by atoms with van der Waals surface area (Å²) in [4.78, 5) is 27.2. The first-order valence-corrected chi connectivity index (χ1v) is 10.8. The van der Waals surface area contributed by atoms with Crippen LogP contribution in [-0.4, -0.2) is 44.3 Å². The summed E-state index contributed by atoms with van der Waals surface area (Å²) in [6.07, 6.45) is 6.86. The summed E-state index contributed by atoms with van der Waals surface area (Å²) in [7, 11) is 0. The van der Waals surface area contributed by atoms with Crippen molar-refractivity contribution in [3.63, 3.8) is 0 Å². The molecular weight excluding hydrogens is 366 g/mol. The number of nitrogens with zero attached hydrogens (tertiary/aromatic N) is 3. The van der Waals surface area contributed by atoms with E-state index in [1.54, 1.807) is 4.90 Å². The zero-order valence-corrected chi connectivity index (χ0v) is 16.8. The SMILES string of the molecule is Cc1ccc(-n2nc(C(=O)N3CC4CCCC4C3C(=O)O)c3c2CCCC3)cc1. The third-order valence-corrected chi connectivity index (χ3v) is 7.07. The molecule has 1 amide bonds. The highest BCUT2D eigenvalue weighted by Gasteiger charge is 2.50. The van der Waals surface area contributed by atoms with E-state index in [9.17, 15) is 14.7 Å². The fourth-order valence-electron chi connectivity index (χ4n) is 5.64. The lowest BCUT2D eigenvalue weighted by molar-refractivity contribution is -0.142. The quantitative estimate of drug-likeness (QED) is 0.867. The zero-order valence-electron chi connectivity index (χ0n) is 16.8. The number of aromatic nitrogens is 2. The van der Waals surface area contributed by atoms with Gasteiger partial charge in [0.15, 0.2) is 5.69 Å². The highest BCUT2D eigenvalue weighted by atomic mass is 16.4. The molecule has 3 aliphatic rings. The summed E-state index contributed by atoms with van der Waals surface area (Å²) in [6, 6.07) is 7.46. The Balaban J connectivity index is 1.55. The van der Waals surface area contributed by atoms with Gasteiger partial charge in [-0.1, -0.05) is 24.1 Å². The average molecular weight is 393 g/mol. The molecule has 6 heteroatoms. The number of fused-ring (bicyclic) bond motifs is 2. The lowest BCUT2D eigenvalue weighted by atomic mass is 9.93. The van der Waals surface area contributed by atoms with Gasteiger partial charge in [-0.2, -0.15) is 5.10 Å². The third kappa shape index (κ3) is 2.96. The number of hydrogen-bond acceptors (Lipinski definition) is 3. The molecule has 1 aromatic carbocycles. The summed E-state index contributed by atoms with van der Waals surface area (Å²) in [6.45, 7) is 2.60. The molecule has 1 saturated carbocycles. The number of carbonyl (C=O) groups excluding carboxylic acids is 1. The van der Waals surface area contributed by atoms with E-state index in [1.165, 1.54) is 5.56 Å². The molecular formula is C23H27N3O3. The summed E-state index contributed by atoms with van der Waals surface area (Å²) in [5.74, 6) is -0.670. The van der Waals surface area contributed by atoms with Crippen LogP contribution < -0.4 is 0 Å². The number of aryl methyl sites for hydroxylation is 1. The minimum absolute atomic E-state index is 0.0893. The molecule has 5 rings (SSSR count). The molecule has 2 heterocycles. The minimum atomic E-state index is -0.875. The summed E-state index contributed by atoms with van der Waals surface area (Å²) in [5, 5.41) is 14.6. The highest BCUT2D eigenvalue weighted by molar-refractivity contribution is 5.97. The Kier molecular flexibility index (Phi) is 4.45. The maximum Gasteiger partial charge on any atom is 0.326 e. The molecule has 0 spiro atoms. The van der Waals surface area contributed by atoms with E-state index >= 15 is 0 Å². The number of hydrogen-bond donors (Lipinski definition) is 1. The predicted octanol–water partition coefficient (Wildman–Crippen LogP) is 3.38. The maximum absolute atomic E-state index is 13.6. The number of amides is 1. The fraction of sp³-hybridized carbons (Fsp3) is 0.522. The van der Waals surface area contributed by atoms with Crippen molar-refractivity contribution in [1.82, 2.24) is 14.7 Å². The van der Waals surface area contributed by atoms with Gasteiger partial charge in [-0.15, -0.1) is 0 Å². The Morgan fingerprint density at radius 2 is 1.83 bits per heavy atom. The Labute approximate surface area is 170 Å². The number of aliphatic carboxylic acids is 1. The van der Waals surface area contributed by atoms with Crippen LogP contribution in [0, 0.1) is 18.8 Å². The molecule has 1 saturated heterocycles. The summed E-state index contributed by atoms with van der Waals surface area (Å²) >= 11 is 0. The third-order valence-electron chi connectivity index (χ3n) is 7.07. The molecule has 1 N–H and O–H groups in total. The van der Waals surface area contributed by atoms with Crippen molar-refractivity contribution in [3.8, 4) is 5.69 Å². The first-order chi connectivity index (χ1) is 14.0. The lowest BCUT2D eigenvalue weighted by Crippen LogP contribution is -2.43. The van der Waals surface area contributed by atoms with Gasteiger partial charge < -0.3 is 10.0 Å². The summed E-state index contributed by atoms with van der Waals surface area (Å²) in [5.41, 5.74) is 4.73. The van der Waals surface area contributed by atoms with Crippen molar-refractivity contribution < 1.29 is 14.7 Å². The van der Waals surface area contributed by atoms with Crippen LogP contribution in [0.3, 0.4) is 0 Å². The second-order valence-electron chi connectivity index (χ2n) is 8.82. The molecule has 3 unspecified atom stereocenters. The van der Waals surface area contributed by atoms with Gasteiger partial charge in [0.1, 0.15) is 6.04 Å². The van der Waals surface area contributed by atoms with Crippen molar-refractivity contribution in [1.29, 1.82) is 0 Å². The topological polar surface area (TPSA) is 75.4 Å². The number of likely N-dealkylation sites (tertiary alicyclic amines) is 1. The smallest absolute Gasteiger partial charge is 0.326 e. The van der Waals surface area contributed by atoms with E-state index in [-0.39, 0.29) is 11.8 Å². The maximum atomic E-state index is 13.6. The van der Waals surface area contributed by atoms with Crippen LogP contribution in [0.5, 0.6) is 0 Å². The van der Waals surface area contributed by atoms with E-state index in [1.807, 2.05) is 23.7 Å². The standard InChI is InChI=1S/C23H27N3O3/c1-14-9-11-16(12-10-14)26-19-8-3-2-6-18(19)20(24-26)22(27)25-13-15-5-4-7-17(15)21(25)23(28)29/h9-12,15,17,21H,2-8,13H2,1H3,(H,28,29). The highest BCUT2D eigenvalue weighted by Crippen LogP contribution is 2.43. The van der Waals surface area contributed by atoms with Crippen LogP contribution >= 0.6 is 0 Å². The molecule has 152 valence electrons. The van der Waals surface area contributed by atoms with Gasteiger partial charge in [0, 0.05) is 17.8 Å². The van der Waals surface area contributed by atoms with Crippen molar-refractivity contribution in [2.24, 2.45) is 11.8 Å². The predicted molar refractivity (Wildman–Crippen MR) is 108 cm³/mol. The van der Waals surface area contributed by atoms with Gasteiger partial charge >= 0.3 is 5.97 Å². The van der Waals surface area contributed by atoms with Crippen molar-refractivity contribution in [2.45, 2.75) is 57.9 Å². The molecule has 0 bridgehead atoms. The molecule has 29 heavy (non-hydrogen) atoms. The van der Waals surface area contributed by atoms with Crippen LogP contribution in [-0.2, 0) is 17.6 Å². The monoisotopic (exact) mass is 393 g/mol. The lowest BCUT2D eigenvalue weighted by Gasteiger charge is -2.24. The molecule has 2 aliphatic carbocycles. The molecule has 0 radical (unpaired) electrons. The van der Waals surface area contributed by atoms with Gasteiger partial charge in [-0.05, 0) is 69.4 Å². The second-order valence-corrected chi connectivity index (χ2v) is 8.82. The second kappa shape index (κ2) is 7.01. The van der Waals surface area contributed by atoms with E-state index in [0.29, 0.717) is 18.2 Å². The number of carbonyl (C=O) groups is 2. The van der Waals surface area contributed by atoms with E-state index in [4.69, 9.17) is 5.10 Å². The Hall–Kier alpha value is -2.63. The Morgan fingerprint density at radius 3 is 2.59 bits per heavy atom. The van der Waals surface area contributed by atoms with Crippen molar-refractivity contribution in [2.75, 3.05) is 6.54 Å². The fourth-order valence-corrected chi connectivity index (χ4v) is 5.64. The average Bonchev–Trinajstić information content (AvgIpc) is 3.40. The normalized spacial score (nSPS) is 25.7. The first kappa shape index (κ1) is 18.4. The number of rotatable bonds is 3. The molecule has 2 fully saturated rings. The van der Waals surface area contributed by atoms with E-state index in [0.717, 1.165) is 61.9 Å². The number of carboxylic acid groups (broad SMARTS) is 1. The van der Waals surface area contributed by atoms with Crippen LogP contribution in [0.4, 0.5) is 0 Å². The van der Waals surface area contributed by atoms with Gasteiger partial charge in [0.25, 0.3) is 5.91 Å². The Morgan fingerprint density at radius 1 is 1.07 bits per heavy atom. The summed E-state index contributed by atoms with van der Waals surface area (Å²) < 4.78 is 1.91. The van der Waals surface area contributed by atoms with Gasteiger partial charge in [-0.25, -0.2) is 9.48 Å². The number of benzene rings is 1. The molecule has 6 nitrogen and oxygen atoms in total. The van der Waals surface area contributed by atoms with Crippen LogP contribution in [0.2, 0.25) is 0 Å². The van der Waals surface area contributed by atoms with Crippen molar-refractivity contribution >= 4 is 11.9 Å². The Bertz CT molecular complexity index is 962. The minimum Gasteiger partial charge on any atom is -0.480 e.